The summed E-state index contributed by atoms with van der Waals surface area (Å²) in [6.45, 7) is 0. The normalized spacial score (nSPS) is 11.9. The minimum Gasteiger partial charge on any atom is -0.456 e. The van der Waals surface area contributed by atoms with E-state index < -0.39 is 0 Å². The lowest BCUT2D eigenvalue weighted by Crippen LogP contribution is -1.97. The Labute approximate surface area is 300 Å². The SMILES string of the molecule is C1=Cc2ccc(-c3nc(-c4ccccc4)cc(-c4cccnc4)n3)cc2-c2cc3oc4ccccc4c3cc2Oc2ccccc2-c2ccccc21. The monoisotopic (exact) mass is 667 g/mol. The van der Waals surface area contributed by atoms with Crippen LogP contribution >= 0.6 is 0 Å². The largest absolute Gasteiger partial charge is 0.456 e. The Morgan fingerprint density at radius 2 is 1.15 bits per heavy atom. The quantitative estimate of drug-likeness (QED) is 0.188. The molecule has 0 fully saturated rings. The van der Waals surface area contributed by atoms with Gasteiger partial charge < -0.3 is 9.15 Å². The van der Waals surface area contributed by atoms with Crippen molar-refractivity contribution in [2.45, 2.75) is 0 Å². The maximum absolute atomic E-state index is 7.01. The van der Waals surface area contributed by atoms with Crippen molar-refractivity contribution in [2.75, 3.05) is 0 Å². The van der Waals surface area contributed by atoms with Crippen molar-refractivity contribution in [1.29, 1.82) is 0 Å². The van der Waals surface area contributed by atoms with E-state index in [9.17, 15) is 0 Å². The standard InChI is InChI=1S/C47H29N3O2/c1-2-12-32(13-3-1)41-28-42(34-14-10-24-48-29-34)50-47(49-41)33-23-22-31-21-20-30-11-4-5-15-35(30)36-16-6-8-18-43(36)51-46-26-39-37-17-7-9-19-44(37)52-45(39)27-40(46)38(31)25-33/h1-29H. The molecule has 0 spiro atoms. The highest BCUT2D eigenvalue weighted by Gasteiger charge is 2.21. The average molecular weight is 668 g/mol. The highest BCUT2D eigenvalue weighted by molar-refractivity contribution is 6.07. The van der Waals surface area contributed by atoms with Gasteiger partial charge in [-0.1, -0.05) is 115 Å². The van der Waals surface area contributed by atoms with Gasteiger partial charge in [-0.2, -0.15) is 0 Å². The van der Waals surface area contributed by atoms with Gasteiger partial charge in [-0.15, -0.1) is 0 Å². The zero-order chi connectivity index (χ0) is 34.4. The second kappa shape index (κ2) is 12.3. The number of fused-ring (bicyclic) bond motifs is 9. The molecule has 6 aromatic carbocycles. The summed E-state index contributed by atoms with van der Waals surface area (Å²) < 4.78 is 13.5. The molecular formula is C47H29N3O2. The summed E-state index contributed by atoms with van der Waals surface area (Å²) in [5.74, 6) is 2.12. The lowest BCUT2D eigenvalue weighted by Gasteiger charge is -2.17. The molecule has 0 saturated carbocycles. The van der Waals surface area contributed by atoms with E-state index in [4.69, 9.17) is 19.1 Å². The van der Waals surface area contributed by atoms with E-state index in [1.54, 1.807) is 6.20 Å². The first kappa shape index (κ1) is 29.8. The van der Waals surface area contributed by atoms with Crippen LogP contribution in [0.5, 0.6) is 11.5 Å². The van der Waals surface area contributed by atoms with Crippen molar-refractivity contribution >= 4 is 34.1 Å². The van der Waals surface area contributed by atoms with Crippen molar-refractivity contribution < 1.29 is 9.15 Å². The van der Waals surface area contributed by atoms with E-state index in [0.29, 0.717) is 5.82 Å². The number of furan rings is 1. The van der Waals surface area contributed by atoms with Crippen LogP contribution in [0.4, 0.5) is 0 Å². The molecule has 52 heavy (non-hydrogen) atoms. The molecule has 0 bridgehead atoms. The molecule has 244 valence electrons. The third-order valence-corrected chi connectivity index (χ3v) is 9.63. The number of ether oxygens (including phenoxy) is 1. The molecule has 10 rings (SSSR count). The molecule has 0 saturated heterocycles. The van der Waals surface area contributed by atoms with E-state index in [2.05, 4.69) is 102 Å². The fourth-order valence-corrected chi connectivity index (χ4v) is 7.08. The minimum atomic E-state index is 0.615. The van der Waals surface area contributed by atoms with Gasteiger partial charge in [-0.05, 0) is 70.8 Å². The number of pyridine rings is 1. The molecule has 3 aromatic heterocycles. The van der Waals surface area contributed by atoms with Crippen LogP contribution in [-0.4, -0.2) is 15.0 Å². The molecular weight excluding hydrogens is 639 g/mol. The Morgan fingerprint density at radius 1 is 0.423 bits per heavy atom. The van der Waals surface area contributed by atoms with Crippen molar-refractivity contribution in [3.63, 3.8) is 0 Å². The first-order chi connectivity index (χ1) is 25.7. The molecule has 0 N–H and O–H groups in total. The smallest absolute Gasteiger partial charge is 0.160 e. The Morgan fingerprint density at radius 3 is 2.02 bits per heavy atom. The van der Waals surface area contributed by atoms with Crippen LogP contribution in [0.1, 0.15) is 11.1 Å². The van der Waals surface area contributed by atoms with Crippen LogP contribution in [0.3, 0.4) is 0 Å². The van der Waals surface area contributed by atoms with Gasteiger partial charge in [0.25, 0.3) is 0 Å². The molecule has 1 aliphatic rings. The second-order valence-corrected chi connectivity index (χ2v) is 12.8. The molecule has 0 atom stereocenters. The number of benzene rings is 6. The fraction of sp³-hybridized carbons (Fsp3) is 0. The number of hydrogen-bond donors (Lipinski definition) is 0. The van der Waals surface area contributed by atoms with Gasteiger partial charge in [0.05, 0.1) is 11.4 Å². The third kappa shape index (κ3) is 5.24. The number of aromatic nitrogens is 3. The molecule has 4 heterocycles. The van der Waals surface area contributed by atoms with Gasteiger partial charge in [-0.25, -0.2) is 9.97 Å². The summed E-state index contributed by atoms with van der Waals surface area (Å²) >= 11 is 0. The van der Waals surface area contributed by atoms with Crippen molar-refractivity contribution in [2.24, 2.45) is 0 Å². The molecule has 0 aliphatic carbocycles. The lowest BCUT2D eigenvalue weighted by atomic mass is 9.94. The van der Waals surface area contributed by atoms with Crippen LogP contribution in [0, 0.1) is 0 Å². The molecule has 0 amide bonds. The maximum Gasteiger partial charge on any atom is 0.160 e. The highest BCUT2D eigenvalue weighted by atomic mass is 16.5. The zero-order valence-electron chi connectivity index (χ0n) is 27.9. The Hall–Kier alpha value is -7.11. The van der Waals surface area contributed by atoms with Crippen molar-refractivity contribution in [3.05, 3.63) is 175 Å². The molecule has 0 radical (unpaired) electrons. The second-order valence-electron chi connectivity index (χ2n) is 12.8. The number of nitrogens with zero attached hydrogens (tertiary/aromatic N) is 3. The Bertz CT molecular complexity index is 2760. The fourth-order valence-electron chi connectivity index (χ4n) is 7.08. The first-order valence-corrected chi connectivity index (χ1v) is 17.2. The van der Waals surface area contributed by atoms with Crippen LogP contribution in [0.25, 0.3) is 90.2 Å². The molecule has 0 unspecified atom stereocenters. The summed E-state index contributed by atoms with van der Waals surface area (Å²) in [7, 11) is 0. The highest BCUT2D eigenvalue weighted by Crippen LogP contribution is 2.45. The van der Waals surface area contributed by atoms with Crippen molar-refractivity contribution in [3.8, 4) is 67.7 Å². The third-order valence-electron chi connectivity index (χ3n) is 9.63. The Balaban J connectivity index is 1.24. The summed E-state index contributed by atoms with van der Waals surface area (Å²) in [5, 5.41) is 2.04. The number of rotatable bonds is 3. The van der Waals surface area contributed by atoms with Gasteiger partial charge in [0.15, 0.2) is 5.82 Å². The lowest BCUT2D eigenvalue weighted by molar-refractivity contribution is 0.487. The van der Waals surface area contributed by atoms with E-state index in [-0.39, 0.29) is 0 Å². The minimum absolute atomic E-state index is 0.615. The van der Waals surface area contributed by atoms with Crippen LogP contribution in [0.15, 0.2) is 168 Å². The predicted molar refractivity (Wildman–Crippen MR) is 210 cm³/mol. The zero-order valence-corrected chi connectivity index (χ0v) is 27.9. The van der Waals surface area contributed by atoms with E-state index in [0.717, 1.165) is 94.9 Å². The van der Waals surface area contributed by atoms with Gasteiger partial charge in [0, 0.05) is 51.0 Å². The molecule has 1 aliphatic heterocycles. The summed E-state index contributed by atoms with van der Waals surface area (Å²) in [4.78, 5) is 14.6. The Kier molecular flexibility index (Phi) is 7.07. The van der Waals surface area contributed by atoms with E-state index in [1.807, 2.05) is 72.9 Å². The van der Waals surface area contributed by atoms with Crippen molar-refractivity contribution in [1.82, 2.24) is 15.0 Å². The van der Waals surface area contributed by atoms with E-state index in [1.165, 1.54) is 0 Å². The van der Waals surface area contributed by atoms with Crippen LogP contribution < -0.4 is 4.74 Å². The maximum atomic E-state index is 7.01. The summed E-state index contributed by atoms with van der Waals surface area (Å²) in [5.41, 5.74) is 12.2. The summed E-state index contributed by atoms with van der Waals surface area (Å²) in [6.07, 6.45) is 7.97. The van der Waals surface area contributed by atoms with Gasteiger partial charge in [0.2, 0.25) is 0 Å². The molecule has 9 aromatic rings. The topological polar surface area (TPSA) is 61.0 Å². The summed E-state index contributed by atoms with van der Waals surface area (Å²) in [6, 6.07) is 51.6. The molecule has 5 heteroatoms. The number of para-hydroxylation sites is 2. The van der Waals surface area contributed by atoms with Gasteiger partial charge in [0.1, 0.15) is 22.7 Å². The molecule has 5 nitrogen and oxygen atoms in total. The predicted octanol–water partition coefficient (Wildman–Crippen LogP) is 12.4. The average Bonchev–Trinajstić information content (AvgIpc) is 3.57. The van der Waals surface area contributed by atoms with Crippen LogP contribution in [-0.2, 0) is 0 Å². The number of hydrogen-bond acceptors (Lipinski definition) is 5. The first-order valence-electron chi connectivity index (χ1n) is 17.2. The van der Waals surface area contributed by atoms with Gasteiger partial charge >= 0.3 is 0 Å². The van der Waals surface area contributed by atoms with Gasteiger partial charge in [-0.3, -0.25) is 4.98 Å². The van der Waals surface area contributed by atoms with E-state index >= 15 is 0 Å². The van der Waals surface area contributed by atoms with Crippen LogP contribution in [0.2, 0.25) is 0 Å².